The molecule has 4 rings (SSSR count). The van der Waals surface area contributed by atoms with Crippen LogP contribution in [0.1, 0.15) is 45.8 Å². The summed E-state index contributed by atoms with van der Waals surface area (Å²) in [6, 6.07) is 9.60. The van der Waals surface area contributed by atoms with Crippen LogP contribution in [-0.2, 0) is 11.3 Å². The van der Waals surface area contributed by atoms with Gasteiger partial charge >= 0.3 is 0 Å². The number of rotatable bonds is 6. The number of nitrogens with zero attached hydrogens (tertiary/aromatic N) is 1. The highest BCUT2D eigenvalue weighted by Gasteiger charge is 2.24. The van der Waals surface area contributed by atoms with Crippen molar-refractivity contribution in [1.29, 1.82) is 0 Å². The van der Waals surface area contributed by atoms with Crippen LogP contribution in [0, 0.1) is 6.92 Å². The van der Waals surface area contributed by atoms with Gasteiger partial charge in [-0.1, -0.05) is 18.9 Å². The largest absolute Gasteiger partial charge is 0.454 e. The van der Waals surface area contributed by atoms with Crippen LogP contribution >= 0.6 is 11.3 Å². The Balaban J connectivity index is 1.50. The van der Waals surface area contributed by atoms with Gasteiger partial charge in [0.25, 0.3) is 5.91 Å². The molecule has 0 atom stereocenters. The summed E-state index contributed by atoms with van der Waals surface area (Å²) >= 11 is 1.45. The lowest BCUT2D eigenvalue weighted by Gasteiger charge is -2.23. The van der Waals surface area contributed by atoms with Crippen LogP contribution in [0.3, 0.4) is 0 Å². The van der Waals surface area contributed by atoms with E-state index in [2.05, 4.69) is 5.32 Å². The zero-order chi connectivity index (χ0) is 19.5. The molecule has 2 aliphatic rings. The molecule has 7 heteroatoms. The summed E-state index contributed by atoms with van der Waals surface area (Å²) in [6.45, 7) is 2.56. The van der Waals surface area contributed by atoms with Crippen LogP contribution in [0.25, 0.3) is 0 Å². The summed E-state index contributed by atoms with van der Waals surface area (Å²) in [6.07, 6.45) is 4.34. The molecule has 28 heavy (non-hydrogen) atoms. The van der Waals surface area contributed by atoms with E-state index < -0.39 is 0 Å². The molecule has 0 radical (unpaired) electrons. The number of benzene rings is 1. The quantitative estimate of drug-likeness (QED) is 0.806. The van der Waals surface area contributed by atoms with Crippen molar-refractivity contribution < 1.29 is 19.1 Å². The maximum absolute atomic E-state index is 13.1. The number of fused-ring (bicyclic) bond motifs is 1. The minimum atomic E-state index is -0.127. The third kappa shape index (κ3) is 4.30. The molecule has 1 N–H and O–H groups in total. The number of nitrogens with one attached hydrogen (secondary N) is 1. The molecule has 0 saturated heterocycles. The van der Waals surface area contributed by atoms with Crippen molar-refractivity contribution in [3.05, 3.63) is 45.6 Å². The monoisotopic (exact) mass is 400 g/mol. The second-order valence-corrected chi connectivity index (χ2v) is 8.60. The van der Waals surface area contributed by atoms with Gasteiger partial charge in [0.1, 0.15) is 6.54 Å². The fourth-order valence-electron chi connectivity index (χ4n) is 3.68. The molecule has 1 aromatic heterocycles. The predicted molar refractivity (Wildman–Crippen MR) is 107 cm³/mol. The molecule has 0 unspecified atom stereocenters. The minimum Gasteiger partial charge on any atom is -0.454 e. The number of amides is 2. The highest BCUT2D eigenvalue weighted by molar-refractivity contribution is 7.13. The van der Waals surface area contributed by atoms with Crippen molar-refractivity contribution in [3.63, 3.8) is 0 Å². The SMILES string of the molecule is Cc1ccc(C(=O)N(CC(=O)NC2CCCC2)Cc2ccc3c(c2)OCO3)s1. The average molecular weight is 401 g/mol. The standard InChI is InChI=1S/C21H24N2O4S/c1-14-6-9-19(28-14)21(25)23(12-20(24)22-16-4-2-3-5-16)11-15-7-8-17-18(10-15)27-13-26-17/h6-10,16H,2-5,11-13H2,1H3,(H,22,24). The summed E-state index contributed by atoms with van der Waals surface area (Å²) in [5.74, 6) is 1.15. The first-order chi connectivity index (χ1) is 13.6. The van der Waals surface area contributed by atoms with Crippen LogP contribution in [0.5, 0.6) is 11.5 Å². The Kier molecular flexibility index (Phi) is 5.52. The van der Waals surface area contributed by atoms with E-state index in [0.717, 1.165) is 36.1 Å². The summed E-state index contributed by atoms with van der Waals surface area (Å²) in [4.78, 5) is 29.0. The van der Waals surface area contributed by atoms with Gasteiger partial charge in [-0.05, 0) is 49.6 Å². The van der Waals surface area contributed by atoms with E-state index >= 15 is 0 Å². The van der Waals surface area contributed by atoms with Crippen LogP contribution in [0.15, 0.2) is 30.3 Å². The van der Waals surface area contributed by atoms with Gasteiger partial charge in [0.15, 0.2) is 11.5 Å². The molecule has 6 nitrogen and oxygen atoms in total. The molecule has 1 aliphatic heterocycles. The van der Waals surface area contributed by atoms with Gasteiger partial charge in [0, 0.05) is 17.5 Å². The number of ether oxygens (including phenoxy) is 2. The van der Waals surface area contributed by atoms with E-state index in [9.17, 15) is 9.59 Å². The molecule has 1 saturated carbocycles. The Morgan fingerprint density at radius 2 is 1.93 bits per heavy atom. The topological polar surface area (TPSA) is 67.9 Å². The normalized spacial score (nSPS) is 15.6. The van der Waals surface area contributed by atoms with Crippen LogP contribution in [0.2, 0.25) is 0 Å². The Hall–Kier alpha value is -2.54. The van der Waals surface area contributed by atoms with Gasteiger partial charge in [-0.25, -0.2) is 0 Å². The van der Waals surface area contributed by atoms with Crippen molar-refractivity contribution >= 4 is 23.2 Å². The maximum atomic E-state index is 13.1. The summed E-state index contributed by atoms with van der Waals surface area (Å²) in [5.41, 5.74) is 0.902. The van der Waals surface area contributed by atoms with Crippen LogP contribution in [-0.4, -0.2) is 36.1 Å². The smallest absolute Gasteiger partial charge is 0.264 e. The van der Waals surface area contributed by atoms with Crippen molar-refractivity contribution in [2.45, 2.75) is 45.2 Å². The van der Waals surface area contributed by atoms with Gasteiger partial charge in [-0.2, -0.15) is 0 Å². The molecule has 2 amide bonds. The average Bonchev–Trinajstić information content (AvgIpc) is 3.42. The molecule has 148 valence electrons. The van der Waals surface area contributed by atoms with Gasteiger partial charge < -0.3 is 19.7 Å². The first-order valence-corrected chi connectivity index (χ1v) is 10.4. The van der Waals surface area contributed by atoms with E-state index in [0.29, 0.717) is 22.9 Å². The summed E-state index contributed by atoms with van der Waals surface area (Å²) in [5, 5.41) is 3.07. The number of carbonyl (C=O) groups is 2. The lowest BCUT2D eigenvalue weighted by Crippen LogP contribution is -2.43. The van der Waals surface area contributed by atoms with Crippen molar-refractivity contribution in [3.8, 4) is 11.5 Å². The molecule has 1 fully saturated rings. The van der Waals surface area contributed by atoms with Gasteiger partial charge in [-0.15, -0.1) is 11.3 Å². The highest BCUT2D eigenvalue weighted by atomic mass is 32.1. The predicted octanol–water partition coefficient (Wildman–Crippen LogP) is 3.49. The third-order valence-electron chi connectivity index (χ3n) is 5.10. The maximum Gasteiger partial charge on any atom is 0.264 e. The zero-order valence-corrected chi connectivity index (χ0v) is 16.7. The number of aryl methyl sites for hydroxylation is 1. The van der Waals surface area contributed by atoms with Crippen molar-refractivity contribution in [2.24, 2.45) is 0 Å². The third-order valence-corrected chi connectivity index (χ3v) is 6.09. The summed E-state index contributed by atoms with van der Waals surface area (Å²) < 4.78 is 10.8. The molecule has 0 spiro atoms. The van der Waals surface area contributed by atoms with E-state index in [1.807, 2.05) is 37.3 Å². The zero-order valence-electron chi connectivity index (χ0n) is 15.9. The minimum absolute atomic E-state index is 0.0424. The molecule has 1 aromatic carbocycles. The Bertz CT molecular complexity index is 873. The number of hydrogen-bond donors (Lipinski definition) is 1. The molecule has 1 aliphatic carbocycles. The molecular formula is C21H24N2O4S. The van der Waals surface area contributed by atoms with E-state index in [-0.39, 0.29) is 31.2 Å². The Labute approximate surface area is 168 Å². The summed E-state index contributed by atoms with van der Waals surface area (Å²) in [7, 11) is 0. The Morgan fingerprint density at radius 1 is 1.14 bits per heavy atom. The van der Waals surface area contributed by atoms with Crippen molar-refractivity contribution in [2.75, 3.05) is 13.3 Å². The first-order valence-electron chi connectivity index (χ1n) is 9.62. The number of carbonyl (C=O) groups excluding carboxylic acids is 2. The molecule has 2 aromatic rings. The lowest BCUT2D eigenvalue weighted by molar-refractivity contribution is -0.122. The van der Waals surface area contributed by atoms with Crippen LogP contribution in [0.4, 0.5) is 0 Å². The number of thiophene rings is 1. The fourth-order valence-corrected chi connectivity index (χ4v) is 4.52. The number of hydrogen-bond acceptors (Lipinski definition) is 5. The molecule has 2 heterocycles. The molecule has 0 bridgehead atoms. The van der Waals surface area contributed by atoms with E-state index in [4.69, 9.17) is 9.47 Å². The van der Waals surface area contributed by atoms with E-state index in [1.165, 1.54) is 11.3 Å². The lowest BCUT2D eigenvalue weighted by atomic mass is 10.1. The van der Waals surface area contributed by atoms with Gasteiger partial charge in [-0.3, -0.25) is 9.59 Å². The second-order valence-electron chi connectivity index (χ2n) is 7.31. The first kappa shape index (κ1) is 18.8. The van der Waals surface area contributed by atoms with Crippen LogP contribution < -0.4 is 14.8 Å². The molecular weight excluding hydrogens is 376 g/mol. The fraction of sp³-hybridized carbons (Fsp3) is 0.429. The highest BCUT2D eigenvalue weighted by Crippen LogP contribution is 2.33. The second kappa shape index (κ2) is 8.22. The van der Waals surface area contributed by atoms with Crippen molar-refractivity contribution in [1.82, 2.24) is 10.2 Å². The van der Waals surface area contributed by atoms with Gasteiger partial charge in [0.05, 0.1) is 4.88 Å². The van der Waals surface area contributed by atoms with Gasteiger partial charge in [0.2, 0.25) is 12.7 Å². The van der Waals surface area contributed by atoms with E-state index in [1.54, 1.807) is 4.90 Å². The Morgan fingerprint density at radius 3 is 2.68 bits per heavy atom.